The molecule has 0 aromatic rings. The molecule has 1 unspecified atom stereocenters. The zero-order valence-corrected chi connectivity index (χ0v) is 8.06. The standard InChI is InChI=1S/C8H15N3O2/c1-3-5-6-13-8(12)7(4-2)10-11-9/h7H,3-6H2,1-2H3. The van der Waals surface area contributed by atoms with Crippen molar-refractivity contribution in [3.8, 4) is 0 Å². The highest BCUT2D eigenvalue weighted by Crippen LogP contribution is 2.01. The second-order valence-electron chi connectivity index (χ2n) is 2.65. The lowest BCUT2D eigenvalue weighted by Crippen LogP contribution is -2.20. The summed E-state index contributed by atoms with van der Waals surface area (Å²) >= 11 is 0. The van der Waals surface area contributed by atoms with Gasteiger partial charge < -0.3 is 4.74 Å². The van der Waals surface area contributed by atoms with E-state index in [-0.39, 0.29) is 0 Å². The third-order valence-electron chi connectivity index (χ3n) is 1.59. The predicted octanol–water partition coefficient (Wildman–Crippen LogP) is 2.42. The van der Waals surface area contributed by atoms with Crippen LogP contribution in [-0.4, -0.2) is 18.6 Å². The molecule has 0 heterocycles. The SMILES string of the molecule is CCCCOC(=O)C(CC)N=[N+]=[N-]. The Morgan fingerprint density at radius 2 is 2.31 bits per heavy atom. The van der Waals surface area contributed by atoms with E-state index in [0.717, 1.165) is 12.8 Å². The fourth-order valence-electron chi connectivity index (χ4n) is 0.771. The van der Waals surface area contributed by atoms with Crippen LogP contribution in [0.2, 0.25) is 0 Å². The molecule has 0 aliphatic rings. The minimum absolute atomic E-state index is 0.410. The van der Waals surface area contributed by atoms with Crippen molar-refractivity contribution in [2.24, 2.45) is 5.11 Å². The third kappa shape index (κ3) is 5.09. The highest BCUT2D eigenvalue weighted by atomic mass is 16.5. The van der Waals surface area contributed by atoms with Gasteiger partial charge in [0, 0.05) is 4.91 Å². The number of hydrogen-bond acceptors (Lipinski definition) is 3. The number of azide groups is 1. The van der Waals surface area contributed by atoms with Crippen molar-refractivity contribution in [3.05, 3.63) is 10.4 Å². The van der Waals surface area contributed by atoms with Crippen LogP contribution in [0.1, 0.15) is 33.1 Å². The average molecular weight is 185 g/mol. The summed E-state index contributed by atoms with van der Waals surface area (Å²) in [6, 6.07) is -0.665. The summed E-state index contributed by atoms with van der Waals surface area (Å²) in [6.45, 7) is 4.20. The first-order valence-corrected chi connectivity index (χ1v) is 4.47. The summed E-state index contributed by atoms with van der Waals surface area (Å²) < 4.78 is 4.88. The fourth-order valence-corrected chi connectivity index (χ4v) is 0.771. The molecule has 0 bridgehead atoms. The molecule has 0 aliphatic carbocycles. The Bertz CT molecular complexity index is 200. The van der Waals surface area contributed by atoms with Crippen molar-refractivity contribution in [1.29, 1.82) is 0 Å². The lowest BCUT2D eigenvalue weighted by Gasteiger charge is -2.07. The van der Waals surface area contributed by atoms with Gasteiger partial charge in [-0.15, -0.1) is 0 Å². The zero-order chi connectivity index (χ0) is 10.1. The monoisotopic (exact) mass is 185 g/mol. The summed E-state index contributed by atoms with van der Waals surface area (Å²) in [4.78, 5) is 13.7. The molecule has 0 fully saturated rings. The normalized spacial score (nSPS) is 11.5. The molecular weight excluding hydrogens is 170 g/mol. The molecule has 0 rings (SSSR count). The van der Waals surface area contributed by atoms with Gasteiger partial charge in [0.2, 0.25) is 0 Å². The molecule has 0 aromatic heterocycles. The van der Waals surface area contributed by atoms with Gasteiger partial charge in [0.05, 0.1) is 6.61 Å². The summed E-state index contributed by atoms with van der Waals surface area (Å²) in [5, 5.41) is 3.33. The van der Waals surface area contributed by atoms with E-state index in [1.165, 1.54) is 0 Å². The number of carbonyl (C=O) groups is 1. The van der Waals surface area contributed by atoms with Gasteiger partial charge in [-0.1, -0.05) is 25.4 Å². The highest BCUT2D eigenvalue weighted by Gasteiger charge is 2.15. The van der Waals surface area contributed by atoms with Crippen LogP contribution in [0.5, 0.6) is 0 Å². The Kier molecular flexibility index (Phi) is 6.73. The Labute approximate surface area is 77.7 Å². The maximum absolute atomic E-state index is 11.2. The molecule has 0 radical (unpaired) electrons. The van der Waals surface area contributed by atoms with Gasteiger partial charge in [0.25, 0.3) is 0 Å². The van der Waals surface area contributed by atoms with E-state index in [1.807, 2.05) is 6.92 Å². The van der Waals surface area contributed by atoms with Crippen LogP contribution in [-0.2, 0) is 9.53 Å². The van der Waals surface area contributed by atoms with Gasteiger partial charge in [-0.05, 0) is 18.4 Å². The molecule has 0 saturated carbocycles. The summed E-state index contributed by atoms with van der Waals surface area (Å²) in [7, 11) is 0. The van der Waals surface area contributed by atoms with Crippen molar-refractivity contribution in [2.75, 3.05) is 6.61 Å². The summed E-state index contributed by atoms with van der Waals surface area (Å²) in [6.07, 6.45) is 2.30. The second kappa shape index (κ2) is 7.43. The van der Waals surface area contributed by atoms with E-state index < -0.39 is 12.0 Å². The van der Waals surface area contributed by atoms with E-state index in [2.05, 4.69) is 10.0 Å². The summed E-state index contributed by atoms with van der Waals surface area (Å²) in [5.74, 6) is -0.422. The van der Waals surface area contributed by atoms with Gasteiger partial charge in [-0.2, -0.15) is 0 Å². The Hall–Kier alpha value is -1.22. The summed E-state index contributed by atoms with van der Waals surface area (Å²) in [5.41, 5.74) is 8.14. The van der Waals surface area contributed by atoms with Crippen LogP contribution in [0, 0.1) is 0 Å². The van der Waals surface area contributed by atoms with Gasteiger partial charge in [-0.3, -0.25) is 4.79 Å². The first kappa shape index (κ1) is 11.8. The lowest BCUT2D eigenvalue weighted by atomic mass is 10.2. The van der Waals surface area contributed by atoms with Gasteiger partial charge in [0.15, 0.2) is 0 Å². The minimum atomic E-state index is -0.665. The largest absolute Gasteiger partial charge is 0.465 e. The number of carbonyl (C=O) groups excluding carboxylic acids is 1. The predicted molar refractivity (Wildman–Crippen MR) is 49.1 cm³/mol. The molecule has 0 aliphatic heterocycles. The topological polar surface area (TPSA) is 75.1 Å². The minimum Gasteiger partial charge on any atom is -0.465 e. The Morgan fingerprint density at radius 1 is 1.62 bits per heavy atom. The fraction of sp³-hybridized carbons (Fsp3) is 0.875. The van der Waals surface area contributed by atoms with Gasteiger partial charge >= 0.3 is 5.97 Å². The van der Waals surface area contributed by atoms with Crippen LogP contribution in [0.15, 0.2) is 5.11 Å². The van der Waals surface area contributed by atoms with Crippen molar-refractivity contribution >= 4 is 5.97 Å². The van der Waals surface area contributed by atoms with E-state index in [1.54, 1.807) is 6.92 Å². The maximum atomic E-state index is 11.2. The molecule has 0 N–H and O–H groups in total. The van der Waals surface area contributed by atoms with Crippen LogP contribution in [0.3, 0.4) is 0 Å². The molecule has 0 spiro atoms. The molecule has 0 amide bonds. The number of ether oxygens (including phenoxy) is 1. The molecular formula is C8H15N3O2. The van der Waals surface area contributed by atoms with Crippen molar-refractivity contribution in [1.82, 2.24) is 0 Å². The first-order chi connectivity index (χ1) is 6.26. The van der Waals surface area contributed by atoms with Crippen LogP contribution >= 0.6 is 0 Å². The van der Waals surface area contributed by atoms with Crippen LogP contribution in [0.4, 0.5) is 0 Å². The van der Waals surface area contributed by atoms with E-state index in [0.29, 0.717) is 13.0 Å². The average Bonchev–Trinajstić information content (AvgIpc) is 2.14. The number of hydrogen-bond donors (Lipinski definition) is 0. The number of esters is 1. The van der Waals surface area contributed by atoms with Crippen LogP contribution < -0.4 is 0 Å². The number of rotatable bonds is 6. The molecule has 0 aromatic carbocycles. The molecule has 5 heteroatoms. The van der Waals surface area contributed by atoms with Crippen LogP contribution in [0.25, 0.3) is 10.4 Å². The Balaban J connectivity index is 3.84. The zero-order valence-electron chi connectivity index (χ0n) is 8.06. The number of unbranched alkanes of at least 4 members (excludes halogenated alkanes) is 1. The third-order valence-corrected chi connectivity index (χ3v) is 1.59. The van der Waals surface area contributed by atoms with Gasteiger partial charge in [0.1, 0.15) is 6.04 Å². The van der Waals surface area contributed by atoms with Crippen molar-refractivity contribution < 1.29 is 9.53 Å². The number of nitrogens with zero attached hydrogens (tertiary/aromatic N) is 3. The van der Waals surface area contributed by atoms with Gasteiger partial charge in [-0.25, -0.2) is 0 Å². The molecule has 13 heavy (non-hydrogen) atoms. The first-order valence-electron chi connectivity index (χ1n) is 4.47. The van der Waals surface area contributed by atoms with Crippen molar-refractivity contribution in [2.45, 2.75) is 39.2 Å². The van der Waals surface area contributed by atoms with E-state index in [9.17, 15) is 4.79 Å². The van der Waals surface area contributed by atoms with E-state index in [4.69, 9.17) is 10.3 Å². The van der Waals surface area contributed by atoms with E-state index >= 15 is 0 Å². The highest BCUT2D eigenvalue weighted by molar-refractivity contribution is 5.75. The van der Waals surface area contributed by atoms with Crippen molar-refractivity contribution in [3.63, 3.8) is 0 Å². The molecule has 1 atom stereocenters. The lowest BCUT2D eigenvalue weighted by molar-refractivity contribution is -0.145. The smallest absolute Gasteiger partial charge is 0.314 e. The molecule has 74 valence electrons. The maximum Gasteiger partial charge on any atom is 0.314 e. The second-order valence-corrected chi connectivity index (χ2v) is 2.65. The Morgan fingerprint density at radius 3 is 2.77 bits per heavy atom. The molecule has 0 saturated heterocycles. The molecule has 5 nitrogen and oxygen atoms in total. The quantitative estimate of drug-likeness (QED) is 0.209.